The van der Waals surface area contributed by atoms with Crippen LogP contribution in [0.3, 0.4) is 0 Å². The van der Waals surface area contributed by atoms with Gasteiger partial charge in [-0.1, -0.05) is 43.3 Å². The van der Waals surface area contributed by atoms with Crippen molar-refractivity contribution in [2.45, 2.75) is 26.2 Å². The van der Waals surface area contributed by atoms with Gasteiger partial charge in [0.1, 0.15) is 5.75 Å². The molecule has 154 valence electrons. The first-order valence-corrected chi connectivity index (χ1v) is 10.1. The molecule has 2 N–H and O–H groups in total. The quantitative estimate of drug-likeness (QED) is 0.510. The van der Waals surface area contributed by atoms with E-state index in [1.807, 2.05) is 37.3 Å². The highest BCUT2D eigenvalue weighted by Gasteiger charge is 2.08. The van der Waals surface area contributed by atoms with E-state index in [2.05, 4.69) is 10.6 Å². The molecule has 0 radical (unpaired) electrons. The lowest BCUT2D eigenvalue weighted by atomic mass is 10.1. The van der Waals surface area contributed by atoms with E-state index >= 15 is 0 Å². The molecule has 3 aromatic carbocycles. The Morgan fingerprint density at radius 2 is 1.53 bits per heavy atom. The predicted octanol–water partition coefficient (Wildman–Crippen LogP) is 5.30. The Morgan fingerprint density at radius 1 is 0.833 bits per heavy atom. The van der Waals surface area contributed by atoms with Crippen molar-refractivity contribution in [3.05, 3.63) is 90.0 Å². The summed E-state index contributed by atoms with van der Waals surface area (Å²) < 4.78 is 5.54. The van der Waals surface area contributed by atoms with Crippen LogP contribution in [0.5, 0.6) is 5.75 Å². The lowest BCUT2D eigenvalue weighted by molar-refractivity contribution is -0.116. The zero-order valence-electron chi connectivity index (χ0n) is 17.1. The topological polar surface area (TPSA) is 67.4 Å². The largest absolute Gasteiger partial charge is 0.494 e. The molecular weight excluding hydrogens is 376 g/mol. The number of carbonyl (C=O) groups is 2. The van der Waals surface area contributed by atoms with Gasteiger partial charge in [0.25, 0.3) is 5.91 Å². The van der Waals surface area contributed by atoms with Crippen molar-refractivity contribution in [3.8, 4) is 5.75 Å². The van der Waals surface area contributed by atoms with E-state index in [9.17, 15) is 9.59 Å². The Morgan fingerprint density at radius 3 is 2.23 bits per heavy atom. The summed E-state index contributed by atoms with van der Waals surface area (Å²) in [5.74, 6) is 0.461. The SMILES string of the molecule is CCCOc1ccc(C(=O)Nc2cccc(NC(=O)CCc3ccccc3)c2)cc1. The van der Waals surface area contributed by atoms with Crippen LogP contribution >= 0.6 is 0 Å². The third kappa shape index (κ3) is 6.48. The van der Waals surface area contributed by atoms with Crippen LogP contribution in [-0.4, -0.2) is 18.4 Å². The predicted molar refractivity (Wildman–Crippen MR) is 120 cm³/mol. The Labute approximate surface area is 177 Å². The van der Waals surface area contributed by atoms with Gasteiger partial charge in [0.05, 0.1) is 6.61 Å². The molecule has 30 heavy (non-hydrogen) atoms. The molecule has 0 aliphatic rings. The summed E-state index contributed by atoms with van der Waals surface area (Å²) >= 11 is 0. The first-order chi connectivity index (χ1) is 14.6. The molecule has 0 unspecified atom stereocenters. The number of hydrogen-bond donors (Lipinski definition) is 2. The Hall–Kier alpha value is -3.60. The molecule has 0 saturated carbocycles. The molecule has 0 atom stereocenters. The minimum atomic E-state index is -0.218. The summed E-state index contributed by atoms with van der Waals surface area (Å²) in [4.78, 5) is 24.7. The molecule has 0 fully saturated rings. The van der Waals surface area contributed by atoms with Gasteiger partial charge in [-0.05, 0) is 60.9 Å². The maximum atomic E-state index is 12.5. The van der Waals surface area contributed by atoms with Crippen molar-refractivity contribution in [2.75, 3.05) is 17.2 Å². The van der Waals surface area contributed by atoms with E-state index in [1.165, 1.54) is 0 Å². The molecule has 0 aliphatic heterocycles. The number of ether oxygens (including phenoxy) is 1. The lowest BCUT2D eigenvalue weighted by Crippen LogP contribution is -2.14. The first kappa shape index (κ1) is 21.1. The molecule has 0 aromatic heterocycles. The summed E-state index contributed by atoms with van der Waals surface area (Å²) in [5, 5.41) is 5.75. The molecule has 0 aliphatic carbocycles. The minimum absolute atomic E-state index is 0.0648. The lowest BCUT2D eigenvalue weighted by Gasteiger charge is -2.10. The number of anilines is 2. The van der Waals surface area contributed by atoms with Crippen LogP contribution in [0.25, 0.3) is 0 Å². The van der Waals surface area contributed by atoms with Crippen molar-refractivity contribution < 1.29 is 14.3 Å². The van der Waals surface area contributed by atoms with E-state index in [0.717, 1.165) is 17.7 Å². The Bertz CT molecular complexity index is 969. The average Bonchev–Trinajstić information content (AvgIpc) is 2.77. The summed E-state index contributed by atoms with van der Waals surface area (Å²) in [5.41, 5.74) is 2.93. The van der Waals surface area contributed by atoms with Crippen LogP contribution in [0.1, 0.15) is 35.7 Å². The van der Waals surface area contributed by atoms with Crippen molar-refractivity contribution in [1.29, 1.82) is 0 Å². The van der Waals surface area contributed by atoms with Gasteiger partial charge in [-0.2, -0.15) is 0 Å². The monoisotopic (exact) mass is 402 g/mol. The van der Waals surface area contributed by atoms with Crippen LogP contribution < -0.4 is 15.4 Å². The van der Waals surface area contributed by atoms with Crippen LogP contribution in [0.2, 0.25) is 0 Å². The number of rotatable bonds is 9. The fourth-order valence-electron chi connectivity index (χ4n) is 2.93. The van der Waals surface area contributed by atoms with Crippen LogP contribution in [0.4, 0.5) is 11.4 Å². The van der Waals surface area contributed by atoms with Crippen molar-refractivity contribution in [2.24, 2.45) is 0 Å². The normalized spacial score (nSPS) is 10.3. The third-order valence-electron chi connectivity index (χ3n) is 4.48. The fourth-order valence-corrected chi connectivity index (χ4v) is 2.93. The van der Waals surface area contributed by atoms with Crippen LogP contribution in [0.15, 0.2) is 78.9 Å². The molecule has 3 aromatic rings. The smallest absolute Gasteiger partial charge is 0.255 e. The van der Waals surface area contributed by atoms with E-state index < -0.39 is 0 Å². The zero-order valence-corrected chi connectivity index (χ0v) is 17.1. The van der Waals surface area contributed by atoms with Gasteiger partial charge in [0.15, 0.2) is 0 Å². The molecule has 0 heterocycles. The summed E-state index contributed by atoms with van der Waals surface area (Å²) in [6.07, 6.45) is 2.01. The van der Waals surface area contributed by atoms with Crippen LogP contribution in [-0.2, 0) is 11.2 Å². The maximum Gasteiger partial charge on any atom is 0.255 e. The second kappa shape index (κ2) is 10.8. The molecular formula is C25H26N2O3. The second-order valence-corrected chi connectivity index (χ2v) is 6.94. The zero-order chi connectivity index (χ0) is 21.2. The molecule has 0 spiro atoms. The number of amides is 2. The van der Waals surface area contributed by atoms with Gasteiger partial charge in [-0.3, -0.25) is 9.59 Å². The molecule has 0 saturated heterocycles. The summed E-state index contributed by atoms with van der Waals surface area (Å²) in [6, 6.07) is 24.1. The van der Waals surface area contributed by atoms with Crippen LogP contribution in [0, 0.1) is 0 Å². The van der Waals surface area contributed by atoms with Gasteiger partial charge in [-0.15, -0.1) is 0 Å². The molecule has 2 amide bonds. The Balaban J connectivity index is 1.54. The maximum absolute atomic E-state index is 12.5. The third-order valence-corrected chi connectivity index (χ3v) is 4.48. The number of hydrogen-bond acceptors (Lipinski definition) is 3. The van der Waals surface area contributed by atoms with Gasteiger partial charge in [0, 0.05) is 23.4 Å². The standard InChI is InChI=1S/C25H26N2O3/c1-2-17-30-23-14-12-20(13-15-23)25(29)27-22-10-6-9-21(18-22)26-24(28)16-11-19-7-4-3-5-8-19/h3-10,12-15,18H,2,11,16-17H2,1H3,(H,26,28)(H,27,29). The first-order valence-electron chi connectivity index (χ1n) is 10.1. The van der Waals surface area contributed by atoms with E-state index in [0.29, 0.717) is 36.4 Å². The molecule has 5 heteroatoms. The van der Waals surface area contributed by atoms with Gasteiger partial charge in [-0.25, -0.2) is 0 Å². The highest BCUT2D eigenvalue weighted by molar-refractivity contribution is 6.04. The van der Waals surface area contributed by atoms with Crippen molar-refractivity contribution in [3.63, 3.8) is 0 Å². The minimum Gasteiger partial charge on any atom is -0.494 e. The highest BCUT2D eigenvalue weighted by atomic mass is 16.5. The van der Waals surface area contributed by atoms with Crippen molar-refractivity contribution in [1.82, 2.24) is 0 Å². The molecule has 0 bridgehead atoms. The van der Waals surface area contributed by atoms with E-state index in [4.69, 9.17) is 4.74 Å². The number of aryl methyl sites for hydroxylation is 1. The molecule has 5 nitrogen and oxygen atoms in total. The molecule has 3 rings (SSSR count). The highest BCUT2D eigenvalue weighted by Crippen LogP contribution is 2.18. The number of benzene rings is 3. The second-order valence-electron chi connectivity index (χ2n) is 6.94. The van der Waals surface area contributed by atoms with Gasteiger partial charge in [0.2, 0.25) is 5.91 Å². The summed E-state index contributed by atoms with van der Waals surface area (Å²) in [6.45, 7) is 2.69. The number of carbonyl (C=O) groups excluding carboxylic acids is 2. The Kier molecular flexibility index (Phi) is 7.61. The van der Waals surface area contributed by atoms with E-state index in [1.54, 1.807) is 48.5 Å². The number of nitrogens with one attached hydrogen (secondary N) is 2. The van der Waals surface area contributed by atoms with E-state index in [-0.39, 0.29) is 11.8 Å². The van der Waals surface area contributed by atoms with Gasteiger partial charge < -0.3 is 15.4 Å². The summed E-state index contributed by atoms with van der Waals surface area (Å²) in [7, 11) is 0. The fraction of sp³-hybridized carbons (Fsp3) is 0.200. The van der Waals surface area contributed by atoms with Gasteiger partial charge >= 0.3 is 0 Å². The van der Waals surface area contributed by atoms with Crippen molar-refractivity contribution >= 4 is 23.2 Å². The average molecular weight is 402 g/mol.